The summed E-state index contributed by atoms with van der Waals surface area (Å²) in [5.74, 6) is 0.319. The standard InChI is InChI=1S/C17H24N2O/c1-3-7-12(4-2)17(20)15(18)10-13-11-19-16-9-6-5-8-14(13)16/h5-6,8-9,11-12,15,19H,3-4,7,10,18H2,1-2H3/t12?,15-/m0/s1. The SMILES string of the molecule is CCCC(CC)C(=O)[C@@H](N)Cc1c[nH]c2ccccc12. The Hall–Kier alpha value is -1.61. The minimum atomic E-state index is -0.397. The fraction of sp³-hybridized carbons (Fsp3) is 0.471. The minimum Gasteiger partial charge on any atom is -0.361 e. The molecular formula is C17H24N2O. The largest absolute Gasteiger partial charge is 0.361 e. The first kappa shape index (κ1) is 14.8. The summed E-state index contributed by atoms with van der Waals surface area (Å²) in [5, 5.41) is 1.17. The lowest BCUT2D eigenvalue weighted by atomic mass is 9.89. The number of Topliss-reactive ketones (excluding diaryl/α,β-unsaturated/α-hetero) is 1. The highest BCUT2D eigenvalue weighted by Gasteiger charge is 2.23. The maximum atomic E-state index is 12.4. The van der Waals surface area contributed by atoms with E-state index in [-0.39, 0.29) is 11.7 Å². The minimum absolute atomic E-state index is 0.111. The highest BCUT2D eigenvalue weighted by Crippen LogP contribution is 2.21. The van der Waals surface area contributed by atoms with E-state index in [0.29, 0.717) is 6.42 Å². The monoisotopic (exact) mass is 272 g/mol. The number of aromatic amines is 1. The molecule has 3 heteroatoms. The lowest BCUT2D eigenvalue weighted by Crippen LogP contribution is -2.37. The van der Waals surface area contributed by atoms with Crippen molar-refractivity contribution in [2.45, 2.75) is 45.6 Å². The number of para-hydroxylation sites is 1. The fourth-order valence-corrected chi connectivity index (χ4v) is 2.84. The van der Waals surface area contributed by atoms with Gasteiger partial charge in [0, 0.05) is 23.0 Å². The van der Waals surface area contributed by atoms with Crippen molar-refractivity contribution in [3.63, 3.8) is 0 Å². The summed E-state index contributed by atoms with van der Waals surface area (Å²) >= 11 is 0. The van der Waals surface area contributed by atoms with Gasteiger partial charge in [0.25, 0.3) is 0 Å². The number of nitrogens with two attached hydrogens (primary N) is 1. The van der Waals surface area contributed by atoms with E-state index >= 15 is 0 Å². The van der Waals surface area contributed by atoms with Gasteiger partial charge in [0.05, 0.1) is 6.04 Å². The van der Waals surface area contributed by atoms with Crippen LogP contribution in [0.2, 0.25) is 0 Å². The zero-order valence-electron chi connectivity index (χ0n) is 12.4. The van der Waals surface area contributed by atoms with Crippen molar-refractivity contribution in [1.82, 2.24) is 4.98 Å². The Morgan fingerprint density at radius 3 is 2.75 bits per heavy atom. The summed E-state index contributed by atoms with van der Waals surface area (Å²) in [6.45, 7) is 4.18. The molecule has 2 atom stereocenters. The van der Waals surface area contributed by atoms with Gasteiger partial charge in [0.15, 0.2) is 5.78 Å². The Bertz CT molecular complexity index is 573. The molecule has 0 saturated carbocycles. The molecule has 1 aromatic heterocycles. The molecule has 0 fully saturated rings. The molecule has 20 heavy (non-hydrogen) atoms. The fourth-order valence-electron chi connectivity index (χ4n) is 2.84. The Morgan fingerprint density at radius 2 is 2.05 bits per heavy atom. The van der Waals surface area contributed by atoms with Crippen LogP contribution in [0.4, 0.5) is 0 Å². The molecule has 0 saturated heterocycles. The number of carbonyl (C=O) groups is 1. The van der Waals surface area contributed by atoms with Gasteiger partial charge in [-0.15, -0.1) is 0 Å². The number of ketones is 1. The predicted molar refractivity (Wildman–Crippen MR) is 83.7 cm³/mol. The van der Waals surface area contributed by atoms with Crippen molar-refractivity contribution in [2.75, 3.05) is 0 Å². The first-order valence-electron chi connectivity index (χ1n) is 7.51. The van der Waals surface area contributed by atoms with Gasteiger partial charge in [-0.3, -0.25) is 4.79 Å². The number of aromatic nitrogens is 1. The second-order valence-corrected chi connectivity index (χ2v) is 5.47. The van der Waals surface area contributed by atoms with Gasteiger partial charge in [0.1, 0.15) is 0 Å². The van der Waals surface area contributed by atoms with Crippen molar-refractivity contribution < 1.29 is 4.79 Å². The molecule has 3 nitrogen and oxygen atoms in total. The van der Waals surface area contributed by atoms with Crippen molar-refractivity contribution in [2.24, 2.45) is 11.7 Å². The average molecular weight is 272 g/mol. The van der Waals surface area contributed by atoms with E-state index in [9.17, 15) is 4.79 Å². The molecule has 2 rings (SSSR count). The molecule has 1 unspecified atom stereocenters. The lowest BCUT2D eigenvalue weighted by molar-refractivity contribution is -0.124. The molecule has 3 N–H and O–H groups in total. The third kappa shape index (κ3) is 3.10. The molecule has 1 aromatic carbocycles. The first-order valence-corrected chi connectivity index (χ1v) is 7.51. The molecule has 0 aliphatic rings. The van der Waals surface area contributed by atoms with Crippen molar-refractivity contribution in [3.8, 4) is 0 Å². The molecular weight excluding hydrogens is 248 g/mol. The van der Waals surface area contributed by atoms with Crippen LogP contribution in [0.3, 0.4) is 0 Å². The molecule has 1 heterocycles. The molecule has 2 aromatic rings. The topological polar surface area (TPSA) is 58.9 Å². The van der Waals surface area contributed by atoms with Gasteiger partial charge in [-0.25, -0.2) is 0 Å². The number of nitrogens with one attached hydrogen (secondary N) is 1. The number of hydrogen-bond acceptors (Lipinski definition) is 2. The summed E-state index contributed by atoms with van der Waals surface area (Å²) in [6, 6.07) is 7.73. The smallest absolute Gasteiger partial charge is 0.152 e. The van der Waals surface area contributed by atoms with Gasteiger partial charge >= 0.3 is 0 Å². The van der Waals surface area contributed by atoms with Crippen LogP contribution in [-0.4, -0.2) is 16.8 Å². The van der Waals surface area contributed by atoms with E-state index in [1.165, 1.54) is 5.39 Å². The van der Waals surface area contributed by atoms with Crippen molar-refractivity contribution in [1.29, 1.82) is 0 Å². The van der Waals surface area contributed by atoms with E-state index in [4.69, 9.17) is 5.73 Å². The van der Waals surface area contributed by atoms with Gasteiger partial charge in [-0.2, -0.15) is 0 Å². The number of rotatable bonds is 7. The first-order chi connectivity index (χ1) is 9.67. The summed E-state index contributed by atoms with van der Waals surface area (Å²) in [6.07, 6.45) is 5.44. The lowest BCUT2D eigenvalue weighted by Gasteiger charge is -2.17. The third-order valence-corrected chi connectivity index (χ3v) is 4.01. The molecule has 0 spiro atoms. The highest BCUT2D eigenvalue weighted by molar-refractivity contribution is 5.88. The zero-order chi connectivity index (χ0) is 14.5. The maximum absolute atomic E-state index is 12.4. The Balaban J connectivity index is 2.11. The van der Waals surface area contributed by atoms with Crippen molar-refractivity contribution >= 4 is 16.7 Å². The normalized spacial score (nSPS) is 14.3. The van der Waals surface area contributed by atoms with E-state index in [2.05, 4.69) is 24.9 Å². The highest BCUT2D eigenvalue weighted by atomic mass is 16.1. The van der Waals surface area contributed by atoms with Crippen LogP contribution in [0, 0.1) is 5.92 Å². The summed E-state index contributed by atoms with van der Waals surface area (Å²) in [4.78, 5) is 15.6. The van der Waals surface area contributed by atoms with Gasteiger partial charge in [-0.05, 0) is 30.9 Å². The number of hydrogen-bond donors (Lipinski definition) is 2. The second kappa shape index (κ2) is 6.71. The maximum Gasteiger partial charge on any atom is 0.152 e. The van der Waals surface area contributed by atoms with E-state index in [1.807, 2.05) is 24.4 Å². The van der Waals surface area contributed by atoms with Gasteiger partial charge < -0.3 is 10.7 Å². The molecule has 0 amide bonds. The van der Waals surface area contributed by atoms with E-state index in [0.717, 1.165) is 30.3 Å². The quantitative estimate of drug-likeness (QED) is 0.811. The molecule has 108 valence electrons. The van der Waals surface area contributed by atoms with Gasteiger partial charge in [-0.1, -0.05) is 38.5 Å². The van der Waals surface area contributed by atoms with E-state index < -0.39 is 6.04 Å². The van der Waals surface area contributed by atoms with Crippen LogP contribution in [0.1, 0.15) is 38.7 Å². The van der Waals surface area contributed by atoms with Crippen LogP contribution >= 0.6 is 0 Å². The predicted octanol–water partition coefficient (Wildman–Crippen LogP) is 3.43. The second-order valence-electron chi connectivity index (χ2n) is 5.47. The van der Waals surface area contributed by atoms with Crippen molar-refractivity contribution in [3.05, 3.63) is 36.0 Å². The Kier molecular flexibility index (Phi) is 4.96. The van der Waals surface area contributed by atoms with E-state index in [1.54, 1.807) is 0 Å². The number of fused-ring (bicyclic) bond motifs is 1. The van der Waals surface area contributed by atoms with Crippen LogP contribution in [0.5, 0.6) is 0 Å². The summed E-state index contributed by atoms with van der Waals surface area (Å²) in [5.41, 5.74) is 8.37. The summed E-state index contributed by atoms with van der Waals surface area (Å²) < 4.78 is 0. The Morgan fingerprint density at radius 1 is 1.30 bits per heavy atom. The average Bonchev–Trinajstić information content (AvgIpc) is 2.87. The number of H-pyrrole nitrogens is 1. The van der Waals surface area contributed by atoms with Crippen LogP contribution in [0.15, 0.2) is 30.5 Å². The summed E-state index contributed by atoms with van der Waals surface area (Å²) in [7, 11) is 0. The van der Waals surface area contributed by atoms with Crippen LogP contribution < -0.4 is 5.73 Å². The number of carbonyl (C=O) groups excluding carboxylic acids is 1. The van der Waals surface area contributed by atoms with Crippen LogP contribution in [0.25, 0.3) is 10.9 Å². The van der Waals surface area contributed by atoms with Crippen LogP contribution in [-0.2, 0) is 11.2 Å². The molecule has 0 radical (unpaired) electrons. The molecule has 0 aliphatic heterocycles. The molecule has 0 aliphatic carbocycles. The third-order valence-electron chi connectivity index (χ3n) is 4.01. The zero-order valence-corrected chi connectivity index (χ0v) is 12.4. The molecule has 0 bridgehead atoms. The number of benzene rings is 1. The Labute approximate surface area is 120 Å². The van der Waals surface area contributed by atoms with Gasteiger partial charge in [0.2, 0.25) is 0 Å².